The smallest absolute Gasteiger partial charge is 0.253 e. The molecule has 1 aliphatic rings. The molecule has 1 fully saturated rings. The molecule has 0 unspecified atom stereocenters. The molecule has 0 bridgehead atoms. The minimum atomic E-state index is -0.0583. The molecule has 0 aliphatic carbocycles. The van der Waals surface area contributed by atoms with Crippen molar-refractivity contribution in [3.63, 3.8) is 0 Å². The normalized spacial score (nSPS) is 15.2. The van der Waals surface area contributed by atoms with Crippen LogP contribution in [0.15, 0.2) is 36.9 Å². The summed E-state index contributed by atoms with van der Waals surface area (Å²) in [5.41, 5.74) is 1.68. The molecule has 0 radical (unpaired) electrons. The van der Waals surface area contributed by atoms with E-state index in [1.807, 2.05) is 24.3 Å². The Kier molecular flexibility index (Phi) is 4.36. The average Bonchev–Trinajstić information content (AvgIpc) is 2.45. The molecule has 1 amide bonds. The van der Waals surface area contributed by atoms with Crippen LogP contribution in [0.5, 0.6) is 0 Å². The van der Waals surface area contributed by atoms with Gasteiger partial charge in [-0.3, -0.25) is 4.79 Å². The molecule has 1 aliphatic heterocycles. The van der Waals surface area contributed by atoms with Crippen molar-refractivity contribution in [2.75, 3.05) is 37.7 Å². The first kappa shape index (κ1) is 12.6. The highest BCUT2D eigenvalue weighted by atomic mass is 16.5. The Hall–Kier alpha value is -1.81. The van der Waals surface area contributed by atoms with E-state index in [0.29, 0.717) is 25.3 Å². The fraction of sp³-hybridized carbons (Fsp3) is 0.357. The predicted octanol–water partition coefficient (Wildman–Crippen LogP) is 1.44. The van der Waals surface area contributed by atoms with Gasteiger partial charge < -0.3 is 15.0 Å². The molecule has 4 nitrogen and oxygen atoms in total. The number of amides is 1. The molecule has 18 heavy (non-hydrogen) atoms. The first-order valence-electron chi connectivity index (χ1n) is 6.13. The number of hydrogen-bond donors (Lipinski definition) is 1. The second-order valence-electron chi connectivity index (χ2n) is 4.12. The van der Waals surface area contributed by atoms with Gasteiger partial charge in [0.25, 0.3) is 5.91 Å². The monoisotopic (exact) mass is 246 g/mol. The Morgan fingerprint density at radius 2 is 2.11 bits per heavy atom. The van der Waals surface area contributed by atoms with E-state index in [1.54, 1.807) is 6.08 Å². The number of carbonyl (C=O) groups excluding carboxylic acids is 1. The number of para-hydroxylation sites is 1. The summed E-state index contributed by atoms with van der Waals surface area (Å²) >= 11 is 0. The molecule has 0 spiro atoms. The van der Waals surface area contributed by atoms with Gasteiger partial charge in [0.05, 0.1) is 18.8 Å². The van der Waals surface area contributed by atoms with E-state index < -0.39 is 0 Å². The molecule has 1 aromatic carbocycles. The number of carbonyl (C=O) groups is 1. The van der Waals surface area contributed by atoms with Crippen molar-refractivity contribution in [2.45, 2.75) is 0 Å². The lowest BCUT2D eigenvalue weighted by Gasteiger charge is -2.30. The summed E-state index contributed by atoms with van der Waals surface area (Å²) in [5, 5.41) is 2.81. The molecule has 1 aromatic rings. The summed E-state index contributed by atoms with van der Waals surface area (Å²) in [6.07, 6.45) is 1.68. The van der Waals surface area contributed by atoms with Crippen molar-refractivity contribution < 1.29 is 9.53 Å². The Morgan fingerprint density at radius 3 is 2.83 bits per heavy atom. The lowest BCUT2D eigenvalue weighted by molar-refractivity contribution is 0.0956. The maximum absolute atomic E-state index is 12.1. The zero-order valence-corrected chi connectivity index (χ0v) is 10.4. The summed E-state index contributed by atoms with van der Waals surface area (Å²) in [5.74, 6) is -0.0583. The summed E-state index contributed by atoms with van der Waals surface area (Å²) in [4.78, 5) is 14.2. The maximum Gasteiger partial charge on any atom is 0.253 e. The summed E-state index contributed by atoms with van der Waals surface area (Å²) in [7, 11) is 0. The van der Waals surface area contributed by atoms with E-state index in [0.717, 1.165) is 18.8 Å². The first-order chi connectivity index (χ1) is 8.83. The highest BCUT2D eigenvalue weighted by Gasteiger charge is 2.17. The number of morpholine rings is 1. The zero-order chi connectivity index (χ0) is 12.8. The van der Waals surface area contributed by atoms with E-state index in [9.17, 15) is 4.79 Å². The van der Waals surface area contributed by atoms with E-state index >= 15 is 0 Å². The number of hydrogen-bond acceptors (Lipinski definition) is 3. The van der Waals surface area contributed by atoms with Crippen LogP contribution in [0.1, 0.15) is 10.4 Å². The molecular formula is C14H18N2O2. The quantitative estimate of drug-likeness (QED) is 0.817. The zero-order valence-electron chi connectivity index (χ0n) is 10.4. The number of nitrogens with one attached hydrogen (secondary N) is 1. The highest BCUT2D eigenvalue weighted by molar-refractivity contribution is 5.99. The molecule has 4 heteroatoms. The van der Waals surface area contributed by atoms with Crippen LogP contribution >= 0.6 is 0 Å². The third-order valence-electron chi connectivity index (χ3n) is 2.91. The SMILES string of the molecule is C=CCNC(=O)c1ccccc1N1CCOCC1. The summed E-state index contributed by atoms with van der Waals surface area (Å²) in [6.45, 7) is 7.15. The van der Waals surface area contributed by atoms with Gasteiger partial charge in [0.1, 0.15) is 0 Å². The standard InChI is InChI=1S/C14H18N2O2/c1-2-7-15-14(17)12-5-3-4-6-13(12)16-8-10-18-11-9-16/h2-6H,1,7-11H2,(H,15,17). The van der Waals surface area contributed by atoms with Crippen molar-refractivity contribution in [1.82, 2.24) is 5.32 Å². The van der Waals surface area contributed by atoms with Gasteiger partial charge in [0, 0.05) is 25.3 Å². The van der Waals surface area contributed by atoms with E-state index in [2.05, 4.69) is 16.8 Å². The molecule has 1 N–H and O–H groups in total. The van der Waals surface area contributed by atoms with Gasteiger partial charge in [-0.2, -0.15) is 0 Å². The lowest BCUT2D eigenvalue weighted by atomic mass is 10.1. The Balaban J connectivity index is 2.18. The van der Waals surface area contributed by atoms with Gasteiger partial charge in [0.15, 0.2) is 0 Å². The number of ether oxygens (including phenoxy) is 1. The maximum atomic E-state index is 12.1. The van der Waals surface area contributed by atoms with Gasteiger partial charge in [-0.25, -0.2) is 0 Å². The van der Waals surface area contributed by atoms with Gasteiger partial charge in [-0.15, -0.1) is 6.58 Å². The Bertz CT molecular complexity index is 426. The molecule has 0 atom stereocenters. The summed E-state index contributed by atoms with van der Waals surface area (Å²) in [6, 6.07) is 7.67. The summed E-state index contributed by atoms with van der Waals surface area (Å²) < 4.78 is 5.33. The van der Waals surface area contributed by atoms with Crippen LogP contribution in [0.3, 0.4) is 0 Å². The number of benzene rings is 1. The predicted molar refractivity (Wildman–Crippen MR) is 72.0 cm³/mol. The third kappa shape index (κ3) is 2.90. The topological polar surface area (TPSA) is 41.6 Å². The molecule has 2 rings (SSSR count). The fourth-order valence-corrected chi connectivity index (χ4v) is 2.01. The molecule has 1 heterocycles. The van der Waals surface area contributed by atoms with Crippen LogP contribution in [0.4, 0.5) is 5.69 Å². The lowest BCUT2D eigenvalue weighted by Crippen LogP contribution is -2.37. The van der Waals surface area contributed by atoms with Gasteiger partial charge in [0.2, 0.25) is 0 Å². The van der Waals surface area contributed by atoms with Gasteiger partial charge in [-0.05, 0) is 12.1 Å². The largest absolute Gasteiger partial charge is 0.378 e. The van der Waals surface area contributed by atoms with E-state index in [4.69, 9.17) is 4.74 Å². The first-order valence-corrected chi connectivity index (χ1v) is 6.13. The van der Waals surface area contributed by atoms with Crippen molar-refractivity contribution in [1.29, 1.82) is 0 Å². The van der Waals surface area contributed by atoms with Crippen LogP contribution in [0.2, 0.25) is 0 Å². The van der Waals surface area contributed by atoms with E-state index in [1.165, 1.54) is 0 Å². The minimum Gasteiger partial charge on any atom is -0.378 e. The third-order valence-corrected chi connectivity index (χ3v) is 2.91. The Morgan fingerprint density at radius 1 is 1.39 bits per heavy atom. The van der Waals surface area contributed by atoms with Crippen molar-refractivity contribution >= 4 is 11.6 Å². The van der Waals surface area contributed by atoms with Gasteiger partial charge in [-0.1, -0.05) is 18.2 Å². The highest BCUT2D eigenvalue weighted by Crippen LogP contribution is 2.21. The second kappa shape index (κ2) is 6.21. The number of anilines is 1. The second-order valence-corrected chi connectivity index (χ2v) is 4.12. The van der Waals surface area contributed by atoms with E-state index in [-0.39, 0.29) is 5.91 Å². The van der Waals surface area contributed by atoms with Crippen LogP contribution in [-0.4, -0.2) is 38.8 Å². The van der Waals surface area contributed by atoms with Crippen LogP contribution in [0, 0.1) is 0 Å². The van der Waals surface area contributed by atoms with Crippen LogP contribution in [0.25, 0.3) is 0 Å². The minimum absolute atomic E-state index is 0.0583. The average molecular weight is 246 g/mol. The molecule has 1 saturated heterocycles. The van der Waals surface area contributed by atoms with Crippen molar-refractivity contribution in [3.05, 3.63) is 42.5 Å². The molecule has 0 saturated carbocycles. The fourth-order valence-electron chi connectivity index (χ4n) is 2.01. The molecule has 96 valence electrons. The molecular weight excluding hydrogens is 228 g/mol. The van der Waals surface area contributed by atoms with Gasteiger partial charge >= 0.3 is 0 Å². The molecule has 0 aromatic heterocycles. The number of rotatable bonds is 4. The van der Waals surface area contributed by atoms with Crippen LogP contribution < -0.4 is 10.2 Å². The number of nitrogens with zero attached hydrogens (tertiary/aromatic N) is 1. The van der Waals surface area contributed by atoms with Crippen LogP contribution in [-0.2, 0) is 4.74 Å². The van der Waals surface area contributed by atoms with Crippen molar-refractivity contribution in [2.24, 2.45) is 0 Å². The Labute approximate surface area is 107 Å². The van der Waals surface area contributed by atoms with Crippen molar-refractivity contribution in [3.8, 4) is 0 Å².